The summed E-state index contributed by atoms with van der Waals surface area (Å²) in [7, 11) is 5.05. The van der Waals surface area contributed by atoms with E-state index in [0.717, 1.165) is 18.6 Å². The Morgan fingerprint density at radius 2 is 1.55 bits per heavy atom. The summed E-state index contributed by atoms with van der Waals surface area (Å²) in [5.41, 5.74) is -0.528. The monoisotopic (exact) mass is 478 g/mol. The first kappa shape index (κ1) is 30.4. The van der Waals surface area contributed by atoms with Crippen molar-refractivity contribution in [3.8, 4) is 0 Å². The van der Waals surface area contributed by atoms with Crippen LogP contribution in [0.1, 0.15) is 48.6 Å². The molecule has 5 nitrogen and oxygen atoms in total. The van der Waals surface area contributed by atoms with E-state index >= 15 is 0 Å². The summed E-state index contributed by atoms with van der Waals surface area (Å²) in [4.78, 5) is 9.72. The number of aryl methyl sites for hydroxylation is 1. The molecule has 0 saturated carbocycles. The van der Waals surface area contributed by atoms with Crippen LogP contribution in [0.15, 0.2) is 48.5 Å². The van der Waals surface area contributed by atoms with Crippen LogP contribution < -0.4 is 5.32 Å². The second-order valence-electron chi connectivity index (χ2n) is 7.25. The molecule has 0 aromatic heterocycles. The third-order valence-electron chi connectivity index (χ3n) is 4.26. The highest BCUT2D eigenvalue weighted by molar-refractivity contribution is 5.35. The van der Waals surface area contributed by atoms with Crippen molar-refractivity contribution in [3.05, 3.63) is 80.9 Å². The molecule has 0 bridgehead atoms. The lowest BCUT2D eigenvalue weighted by Crippen LogP contribution is -2.13. The molecule has 2 rings (SSSR count). The van der Waals surface area contributed by atoms with Gasteiger partial charge in [-0.15, -0.1) is 0 Å². The maximum absolute atomic E-state index is 13.2. The van der Waals surface area contributed by atoms with Crippen molar-refractivity contribution in [3.63, 3.8) is 0 Å². The van der Waals surface area contributed by atoms with E-state index in [4.69, 9.17) is 4.74 Å². The third-order valence-corrected chi connectivity index (χ3v) is 4.26. The van der Waals surface area contributed by atoms with Crippen molar-refractivity contribution in [2.24, 2.45) is 0 Å². The number of rotatable bonds is 7. The Morgan fingerprint density at radius 3 is 1.97 bits per heavy atom. The predicted octanol–water partition coefficient (Wildman–Crippen LogP) is 6.26. The Morgan fingerprint density at radius 1 is 1.03 bits per heavy atom. The summed E-state index contributed by atoms with van der Waals surface area (Å²) in [6, 6.07) is 12.1. The second-order valence-corrected chi connectivity index (χ2v) is 7.25. The van der Waals surface area contributed by atoms with Gasteiger partial charge in [0.2, 0.25) is 6.54 Å². The lowest BCUT2D eigenvalue weighted by Gasteiger charge is -2.18. The molecular formula is C23H31F5N2O3. The van der Waals surface area contributed by atoms with Crippen molar-refractivity contribution >= 4 is 0 Å². The summed E-state index contributed by atoms with van der Waals surface area (Å²) in [5.74, 6) is -3.33. The molecule has 0 aliphatic rings. The average Bonchev–Trinajstić information content (AvgIpc) is 2.73. The molecule has 1 unspecified atom stereocenters. The molecule has 10 heteroatoms. The van der Waals surface area contributed by atoms with Crippen molar-refractivity contribution < 1.29 is 31.6 Å². The van der Waals surface area contributed by atoms with E-state index in [1.165, 1.54) is 19.6 Å². The molecule has 0 amide bonds. The van der Waals surface area contributed by atoms with E-state index in [2.05, 4.69) is 5.32 Å². The molecule has 1 N–H and O–H groups in total. The molecule has 2 aromatic rings. The van der Waals surface area contributed by atoms with Crippen LogP contribution in [0, 0.1) is 10.1 Å². The fraction of sp³-hybridized carbons (Fsp3) is 0.478. The van der Waals surface area contributed by atoms with Crippen molar-refractivity contribution in [2.75, 3.05) is 27.7 Å². The van der Waals surface area contributed by atoms with Gasteiger partial charge < -0.3 is 10.1 Å². The van der Waals surface area contributed by atoms with Crippen LogP contribution in [0.5, 0.6) is 0 Å². The Bertz CT molecular complexity index is 793. The van der Waals surface area contributed by atoms with Gasteiger partial charge in [0.15, 0.2) is 0 Å². The van der Waals surface area contributed by atoms with Gasteiger partial charge in [0.1, 0.15) is 0 Å². The lowest BCUT2D eigenvalue weighted by atomic mass is 9.99. The maximum atomic E-state index is 13.2. The Labute approximate surface area is 191 Å². The van der Waals surface area contributed by atoms with E-state index in [0.29, 0.717) is 19.4 Å². The van der Waals surface area contributed by atoms with Crippen LogP contribution in [0.25, 0.3) is 0 Å². The van der Waals surface area contributed by atoms with Crippen LogP contribution in [0.3, 0.4) is 0 Å². The van der Waals surface area contributed by atoms with Crippen LogP contribution in [-0.2, 0) is 23.3 Å². The minimum absolute atomic E-state index is 0.0644. The smallest absolute Gasteiger partial charge is 0.377 e. The molecule has 2 aromatic carbocycles. The maximum Gasteiger partial charge on any atom is 0.416 e. The zero-order chi connectivity index (χ0) is 25.7. The van der Waals surface area contributed by atoms with Crippen LogP contribution in [0.2, 0.25) is 0 Å². The number of hydrogen-bond donors (Lipinski definition) is 1. The zero-order valence-electron chi connectivity index (χ0n) is 19.4. The summed E-state index contributed by atoms with van der Waals surface area (Å²) < 4.78 is 69.0. The fourth-order valence-corrected chi connectivity index (χ4v) is 2.50. The van der Waals surface area contributed by atoms with Crippen LogP contribution >= 0.6 is 0 Å². The predicted molar refractivity (Wildman–Crippen MR) is 118 cm³/mol. The highest BCUT2D eigenvalue weighted by Gasteiger charge is 2.34. The Hall–Kier alpha value is -2.59. The number of halogens is 5. The summed E-state index contributed by atoms with van der Waals surface area (Å²) in [6.45, 7) is 2.12. The molecule has 186 valence electrons. The summed E-state index contributed by atoms with van der Waals surface area (Å²) >= 11 is 0. The zero-order valence-corrected chi connectivity index (χ0v) is 19.4. The van der Waals surface area contributed by atoms with Gasteiger partial charge >= 0.3 is 6.18 Å². The fourth-order valence-electron chi connectivity index (χ4n) is 2.50. The molecule has 1 atom stereocenters. The quantitative estimate of drug-likeness (QED) is 0.290. The molecular weight excluding hydrogens is 447 g/mol. The minimum Gasteiger partial charge on any atom is -0.377 e. The normalized spacial score (nSPS) is 12.1. The van der Waals surface area contributed by atoms with Gasteiger partial charge in [-0.25, -0.2) is 8.78 Å². The Kier molecular flexibility index (Phi) is 13.4. The van der Waals surface area contributed by atoms with Crippen molar-refractivity contribution in [1.29, 1.82) is 0 Å². The number of alkyl halides is 5. The largest absolute Gasteiger partial charge is 0.416 e. The summed E-state index contributed by atoms with van der Waals surface area (Å²) in [5, 5.41) is 12.7. The molecule has 0 aliphatic heterocycles. The van der Waals surface area contributed by atoms with E-state index in [-0.39, 0.29) is 17.0 Å². The van der Waals surface area contributed by atoms with Crippen molar-refractivity contribution in [1.82, 2.24) is 5.32 Å². The number of hydrogen-bond acceptors (Lipinski definition) is 4. The topological polar surface area (TPSA) is 64.4 Å². The van der Waals surface area contributed by atoms with Gasteiger partial charge in [0.25, 0.3) is 5.92 Å². The van der Waals surface area contributed by atoms with Gasteiger partial charge in [-0.3, -0.25) is 10.1 Å². The van der Waals surface area contributed by atoms with Gasteiger partial charge in [0, 0.05) is 30.9 Å². The standard InChI is InChI=1S/C12H13F5O.C9H11NO2.C2H7N/c1-7(18-3)8-4-9(11(2,13)14)6-10(5-8)12(15,16)17;11-10(12)8-4-7-9-5-2-1-3-6-9;1-3-2/h4-7H,1-3H3;1-3,5-6H,4,7-8H2;3H,1-2H3. The molecule has 0 heterocycles. The molecule has 33 heavy (non-hydrogen) atoms. The first-order valence-electron chi connectivity index (χ1n) is 10.1. The van der Waals surface area contributed by atoms with Gasteiger partial charge in [-0.2, -0.15) is 13.2 Å². The minimum atomic E-state index is -4.66. The van der Waals surface area contributed by atoms with E-state index in [9.17, 15) is 32.1 Å². The number of benzene rings is 2. The van der Waals surface area contributed by atoms with E-state index in [1.807, 2.05) is 44.4 Å². The highest BCUT2D eigenvalue weighted by Crippen LogP contribution is 2.36. The first-order valence-corrected chi connectivity index (χ1v) is 10.1. The molecule has 0 fully saturated rings. The van der Waals surface area contributed by atoms with Crippen molar-refractivity contribution in [2.45, 2.75) is 44.9 Å². The molecule has 0 aliphatic carbocycles. The van der Waals surface area contributed by atoms with Crippen LogP contribution in [-0.4, -0.2) is 32.7 Å². The Balaban J connectivity index is 0.000000588. The van der Waals surface area contributed by atoms with Gasteiger partial charge in [0.05, 0.1) is 11.7 Å². The summed E-state index contributed by atoms with van der Waals surface area (Å²) in [6.07, 6.45) is -3.93. The molecule has 0 radical (unpaired) electrons. The first-order chi connectivity index (χ1) is 15.3. The van der Waals surface area contributed by atoms with Gasteiger partial charge in [-0.1, -0.05) is 30.3 Å². The number of methoxy groups -OCH3 is 1. The molecule has 0 spiro atoms. The number of nitrogens with one attached hydrogen (secondary N) is 1. The third kappa shape index (κ3) is 12.9. The lowest BCUT2D eigenvalue weighted by molar-refractivity contribution is -0.480. The number of ether oxygens (including phenoxy) is 1. The highest BCUT2D eigenvalue weighted by atomic mass is 19.4. The number of nitrogens with zero attached hydrogens (tertiary/aromatic N) is 1. The van der Waals surface area contributed by atoms with Crippen LogP contribution in [0.4, 0.5) is 22.0 Å². The average molecular weight is 479 g/mol. The van der Waals surface area contributed by atoms with Gasteiger partial charge in [-0.05, 0) is 56.8 Å². The molecule has 0 saturated heterocycles. The van der Waals surface area contributed by atoms with E-state index in [1.54, 1.807) is 0 Å². The SMILES string of the molecule is CNC.COC(C)c1cc(C(C)(F)F)cc(C(F)(F)F)c1.O=[N+]([O-])CCCc1ccccc1. The van der Waals surface area contributed by atoms with E-state index < -0.39 is 29.3 Å². The second kappa shape index (κ2) is 14.5. The number of nitro groups is 1.